The van der Waals surface area contributed by atoms with Gasteiger partial charge in [-0.15, -0.1) is 0 Å². The summed E-state index contributed by atoms with van der Waals surface area (Å²) in [5.74, 6) is 0. The fraction of sp³-hybridized carbons (Fsp3) is 1.00. The number of nitrogens with zero attached hydrogens (tertiary/aromatic N) is 2. The summed E-state index contributed by atoms with van der Waals surface area (Å²) in [6.45, 7) is 7.23. The predicted molar refractivity (Wildman–Crippen MR) is 56.3 cm³/mol. The normalized spacial score (nSPS) is 41.8. The number of aliphatic hydroxyl groups excluding tert-OH is 1. The second-order valence-corrected chi connectivity index (χ2v) is 4.62. The lowest BCUT2D eigenvalue weighted by molar-refractivity contribution is 0.0298. The van der Waals surface area contributed by atoms with E-state index in [2.05, 4.69) is 29.1 Å². The van der Waals surface area contributed by atoms with Crippen LogP contribution < -0.4 is 5.32 Å². The zero-order chi connectivity index (χ0) is 10.1. The van der Waals surface area contributed by atoms with E-state index in [0.717, 1.165) is 32.7 Å². The monoisotopic (exact) mass is 199 g/mol. The lowest BCUT2D eigenvalue weighted by Gasteiger charge is -2.41. The van der Waals surface area contributed by atoms with Crippen molar-refractivity contribution in [2.24, 2.45) is 0 Å². The largest absolute Gasteiger partial charge is 0.390 e. The number of aliphatic hydroxyl groups is 1. The molecule has 4 nitrogen and oxygen atoms in total. The van der Waals surface area contributed by atoms with E-state index in [-0.39, 0.29) is 6.10 Å². The van der Waals surface area contributed by atoms with Crippen molar-refractivity contribution in [2.75, 3.05) is 39.8 Å². The Hall–Kier alpha value is -0.160. The van der Waals surface area contributed by atoms with Gasteiger partial charge >= 0.3 is 0 Å². The Bertz CT molecular complexity index is 200. The molecule has 4 heteroatoms. The number of nitrogens with one attached hydrogen (secondary N) is 1. The fourth-order valence-electron chi connectivity index (χ4n) is 2.40. The van der Waals surface area contributed by atoms with Crippen molar-refractivity contribution >= 4 is 0 Å². The number of β-amino-alcohol motifs (C(OH)–C–C–N with tert-alkyl or cyclic N) is 1. The lowest BCUT2D eigenvalue weighted by atomic mass is 10.1. The van der Waals surface area contributed by atoms with Crippen LogP contribution in [0.4, 0.5) is 0 Å². The molecule has 0 aromatic rings. The SMILES string of the molecule is C[C@H]1CN(C2CNCC2O)CCN1C. The molecule has 0 radical (unpaired) electrons. The Morgan fingerprint density at radius 1 is 1.29 bits per heavy atom. The van der Waals surface area contributed by atoms with Gasteiger partial charge < -0.3 is 15.3 Å². The summed E-state index contributed by atoms with van der Waals surface area (Å²) in [6, 6.07) is 0.947. The van der Waals surface area contributed by atoms with Gasteiger partial charge in [0.2, 0.25) is 0 Å². The van der Waals surface area contributed by atoms with Crippen molar-refractivity contribution < 1.29 is 5.11 Å². The minimum Gasteiger partial charge on any atom is -0.390 e. The second kappa shape index (κ2) is 4.14. The molecule has 0 aromatic carbocycles. The first-order chi connectivity index (χ1) is 6.68. The van der Waals surface area contributed by atoms with E-state index in [1.165, 1.54) is 0 Å². The molecular weight excluding hydrogens is 178 g/mol. The van der Waals surface area contributed by atoms with Gasteiger partial charge in [-0.2, -0.15) is 0 Å². The molecule has 3 atom stereocenters. The molecule has 0 amide bonds. The third-order valence-electron chi connectivity index (χ3n) is 3.61. The van der Waals surface area contributed by atoms with Crippen LogP contribution in [0.2, 0.25) is 0 Å². The summed E-state index contributed by atoms with van der Waals surface area (Å²) in [6.07, 6.45) is -0.175. The number of hydrogen-bond acceptors (Lipinski definition) is 4. The van der Waals surface area contributed by atoms with Crippen molar-refractivity contribution in [3.05, 3.63) is 0 Å². The van der Waals surface area contributed by atoms with Crippen molar-refractivity contribution in [3.8, 4) is 0 Å². The third-order valence-corrected chi connectivity index (χ3v) is 3.61. The summed E-state index contributed by atoms with van der Waals surface area (Å²) < 4.78 is 0. The molecule has 14 heavy (non-hydrogen) atoms. The van der Waals surface area contributed by atoms with Gasteiger partial charge in [0.1, 0.15) is 0 Å². The van der Waals surface area contributed by atoms with Gasteiger partial charge in [-0.3, -0.25) is 4.90 Å². The molecule has 2 heterocycles. The van der Waals surface area contributed by atoms with Crippen LogP contribution in [0.25, 0.3) is 0 Å². The van der Waals surface area contributed by atoms with Crippen LogP contribution in [0.5, 0.6) is 0 Å². The summed E-state index contributed by atoms with van der Waals surface area (Å²) >= 11 is 0. The Morgan fingerprint density at radius 3 is 2.64 bits per heavy atom. The molecule has 2 N–H and O–H groups in total. The number of likely N-dealkylation sites (N-methyl/N-ethyl adjacent to an activating group) is 1. The Kier molecular flexibility index (Phi) is 3.07. The fourth-order valence-corrected chi connectivity index (χ4v) is 2.40. The van der Waals surface area contributed by atoms with E-state index >= 15 is 0 Å². The highest BCUT2D eigenvalue weighted by atomic mass is 16.3. The first kappa shape index (κ1) is 10.4. The van der Waals surface area contributed by atoms with Gasteiger partial charge in [0, 0.05) is 44.8 Å². The molecule has 82 valence electrons. The van der Waals surface area contributed by atoms with Crippen LogP contribution >= 0.6 is 0 Å². The number of piperazine rings is 1. The zero-order valence-electron chi connectivity index (χ0n) is 9.11. The van der Waals surface area contributed by atoms with Gasteiger partial charge in [-0.25, -0.2) is 0 Å². The van der Waals surface area contributed by atoms with Gasteiger partial charge in [-0.05, 0) is 14.0 Å². The molecule has 2 rings (SSSR count). The quantitative estimate of drug-likeness (QED) is 0.565. The van der Waals surface area contributed by atoms with Crippen LogP contribution in [0.15, 0.2) is 0 Å². The average molecular weight is 199 g/mol. The molecule has 0 aromatic heterocycles. The Morgan fingerprint density at radius 2 is 2.07 bits per heavy atom. The highest BCUT2D eigenvalue weighted by Gasteiger charge is 2.33. The van der Waals surface area contributed by atoms with Crippen LogP contribution in [0, 0.1) is 0 Å². The highest BCUT2D eigenvalue weighted by Crippen LogP contribution is 2.14. The van der Waals surface area contributed by atoms with Crippen LogP contribution in [-0.2, 0) is 0 Å². The Labute approximate surface area is 85.9 Å². The third kappa shape index (κ3) is 1.93. The lowest BCUT2D eigenvalue weighted by Crippen LogP contribution is -2.56. The van der Waals surface area contributed by atoms with Gasteiger partial charge in [0.25, 0.3) is 0 Å². The van der Waals surface area contributed by atoms with Crippen LogP contribution in [0.3, 0.4) is 0 Å². The number of hydrogen-bond donors (Lipinski definition) is 2. The second-order valence-electron chi connectivity index (χ2n) is 4.62. The Balaban J connectivity index is 1.92. The van der Waals surface area contributed by atoms with Crippen molar-refractivity contribution in [1.29, 1.82) is 0 Å². The van der Waals surface area contributed by atoms with E-state index in [0.29, 0.717) is 12.1 Å². The van der Waals surface area contributed by atoms with Crippen molar-refractivity contribution in [1.82, 2.24) is 15.1 Å². The molecule has 2 aliphatic rings. The number of rotatable bonds is 1. The topological polar surface area (TPSA) is 38.7 Å². The predicted octanol–water partition coefficient (Wildman–Crippen LogP) is -1.04. The smallest absolute Gasteiger partial charge is 0.0831 e. The molecule has 0 bridgehead atoms. The van der Waals surface area contributed by atoms with E-state index in [1.54, 1.807) is 0 Å². The maximum atomic E-state index is 9.78. The van der Waals surface area contributed by atoms with Gasteiger partial charge in [-0.1, -0.05) is 0 Å². The minimum absolute atomic E-state index is 0.175. The van der Waals surface area contributed by atoms with E-state index in [9.17, 15) is 5.11 Å². The summed E-state index contributed by atoms with van der Waals surface area (Å²) in [7, 11) is 2.17. The molecular formula is C10H21N3O. The summed E-state index contributed by atoms with van der Waals surface area (Å²) in [5, 5.41) is 13.0. The van der Waals surface area contributed by atoms with Crippen molar-refractivity contribution in [2.45, 2.75) is 25.1 Å². The average Bonchev–Trinajstić information content (AvgIpc) is 2.57. The van der Waals surface area contributed by atoms with Crippen LogP contribution in [0.1, 0.15) is 6.92 Å². The first-order valence-electron chi connectivity index (χ1n) is 5.51. The molecule has 0 saturated carbocycles. The molecule has 2 saturated heterocycles. The van der Waals surface area contributed by atoms with Gasteiger partial charge in [0.05, 0.1) is 6.10 Å². The zero-order valence-corrected chi connectivity index (χ0v) is 9.11. The molecule has 2 fully saturated rings. The molecule has 0 aliphatic carbocycles. The van der Waals surface area contributed by atoms with E-state index in [1.807, 2.05) is 0 Å². The van der Waals surface area contributed by atoms with E-state index in [4.69, 9.17) is 0 Å². The van der Waals surface area contributed by atoms with E-state index < -0.39 is 0 Å². The van der Waals surface area contributed by atoms with Gasteiger partial charge in [0.15, 0.2) is 0 Å². The van der Waals surface area contributed by atoms with Crippen LogP contribution in [-0.4, -0.2) is 72.9 Å². The van der Waals surface area contributed by atoms with Crippen molar-refractivity contribution in [3.63, 3.8) is 0 Å². The highest BCUT2D eigenvalue weighted by molar-refractivity contribution is 4.91. The summed E-state index contributed by atoms with van der Waals surface area (Å²) in [5.41, 5.74) is 0. The molecule has 2 unspecified atom stereocenters. The molecule has 2 aliphatic heterocycles. The standard InChI is InChI=1S/C10H21N3O/c1-8-7-13(4-3-12(8)2)9-5-11-6-10(9)14/h8-11,14H,3-7H2,1-2H3/t8-,9?,10?/m0/s1. The maximum Gasteiger partial charge on any atom is 0.0831 e. The maximum absolute atomic E-state index is 9.78. The molecule has 0 spiro atoms. The first-order valence-corrected chi connectivity index (χ1v) is 5.51. The minimum atomic E-state index is -0.175. The summed E-state index contributed by atoms with van der Waals surface area (Å²) in [4.78, 5) is 4.81.